The van der Waals surface area contributed by atoms with Crippen LogP contribution in [0.15, 0.2) is 24.3 Å². The van der Waals surface area contributed by atoms with Gasteiger partial charge >= 0.3 is 0 Å². The molecule has 0 saturated carbocycles. The maximum Gasteiger partial charge on any atom is 0.220 e. The molecule has 7 atom stereocenters. The highest BCUT2D eigenvalue weighted by Crippen LogP contribution is 2.24. The lowest BCUT2D eigenvalue weighted by atomic mass is 9.99. The molecular formula is C73H141NO8. The van der Waals surface area contributed by atoms with E-state index in [4.69, 9.17) is 9.47 Å². The lowest BCUT2D eigenvalue weighted by Crippen LogP contribution is -2.60. The zero-order chi connectivity index (χ0) is 59.3. The summed E-state index contributed by atoms with van der Waals surface area (Å²) >= 11 is 0. The fourth-order valence-corrected chi connectivity index (χ4v) is 12.0. The Bertz CT molecular complexity index is 1340. The van der Waals surface area contributed by atoms with E-state index in [1.165, 1.54) is 321 Å². The number of hydrogen-bond acceptors (Lipinski definition) is 8. The molecule has 0 aromatic carbocycles. The van der Waals surface area contributed by atoms with E-state index in [0.717, 1.165) is 38.5 Å². The maximum absolute atomic E-state index is 13.1. The van der Waals surface area contributed by atoms with Gasteiger partial charge in [-0.25, -0.2) is 0 Å². The Kier molecular flexibility index (Phi) is 60.2. The van der Waals surface area contributed by atoms with Crippen LogP contribution in [0, 0.1) is 0 Å². The number of aliphatic hydroxyl groups is 5. The highest BCUT2D eigenvalue weighted by molar-refractivity contribution is 5.76. The van der Waals surface area contributed by atoms with E-state index in [0.29, 0.717) is 6.42 Å². The monoisotopic (exact) mass is 1160 g/mol. The summed E-state index contributed by atoms with van der Waals surface area (Å²) in [4.78, 5) is 13.1. The highest BCUT2D eigenvalue weighted by atomic mass is 16.7. The summed E-state index contributed by atoms with van der Waals surface area (Å²) in [6.45, 7) is 3.84. The Morgan fingerprint density at radius 2 is 0.683 bits per heavy atom. The van der Waals surface area contributed by atoms with E-state index in [1.807, 2.05) is 6.08 Å². The van der Waals surface area contributed by atoms with Crippen LogP contribution in [0.5, 0.6) is 0 Å². The number of aliphatic hydroxyl groups excluding tert-OH is 5. The van der Waals surface area contributed by atoms with Crippen LogP contribution in [0.25, 0.3) is 0 Å². The second-order valence-corrected chi connectivity index (χ2v) is 25.7. The van der Waals surface area contributed by atoms with Gasteiger partial charge in [-0.15, -0.1) is 0 Å². The van der Waals surface area contributed by atoms with Crippen molar-refractivity contribution in [1.82, 2.24) is 5.32 Å². The van der Waals surface area contributed by atoms with Gasteiger partial charge in [0.2, 0.25) is 5.91 Å². The minimum atomic E-state index is -1.57. The Balaban J connectivity index is 2.09. The Labute approximate surface area is 509 Å². The fourth-order valence-electron chi connectivity index (χ4n) is 12.0. The number of ether oxygens (including phenoxy) is 2. The molecule has 0 aliphatic carbocycles. The Morgan fingerprint density at radius 1 is 0.402 bits per heavy atom. The summed E-state index contributed by atoms with van der Waals surface area (Å²) < 4.78 is 11.3. The molecule has 1 fully saturated rings. The van der Waals surface area contributed by atoms with Gasteiger partial charge in [0.15, 0.2) is 6.29 Å². The molecule has 0 radical (unpaired) electrons. The van der Waals surface area contributed by atoms with Crippen molar-refractivity contribution in [2.24, 2.45) is 0 Å². The average molecular weight is 1160 g/mol. The van der Waals surface area contributed by atoms with Crippen LogP contribution in [0.3, 0.4) is 0 Å². The molecule has 6 N–H and O–H groups in total. The van der Waals surface area contributed by atoms with Crippen molar-refractivity contribution in [2.75, 3.05) is 13.2 Å². The quantitative estimate of drug-likeness (QED) is 0.0261. The Hall–Kier alpha value is -1.33. The van der Waals surface area contributed by atoms with E-state index < -0.39 is 49.5 Å². The van der Waals surface area contributed by atoms with Crippen LogP contribution in [-0.4, -0.2) is 87.5 Å². The molecule has 1 aliphatic rings. The van der Waals surface area contributed by atoms with Gasteiger partial charge in [-0.05, 0) is 44.9 Å². The van der Waals surface area contributed by atoms with Crippen molar-refractivity contribution in [3.05, 3.63) is 24.3 Å². The second-order valence-electron chi connectivity index (χ2n) is 25.7. The summed E-state index contributed by atoms with van der Waals surface area (Å²) in [6, 6.07) is -0.804. The smallest absolute Gasteiger partial charge is 0.220 e. The largest absolute Gasteiger partial charge is 0.394 e. The number of hydrogen-bond donors (Lipinski definition) is 6. The number of unbranched alkanes of at least 4 members (excludes halogenated alkanes) is 53. The summed E-state index contributed by atoms with van der Waals surface area (Å²) in [5.41, 5.74) is 0. The first kappa shape index (κ1) is 78.7. The molecule has 7 unspecified atom stereocenters. The molecule has 0 aromatic rings. The SMILES string of the molecule is CCCCCCCCCCCCCCCC/C=C\CCCCCCCCCCCCCCCCCCCC(=O)NC(COC1OC(CO)C(O)C(O)C1O)C(O)/C=C/CCCCCCCCCCCCCCCCCCCCCCCC. The molecule has 0 bridgehead atoms. The van der Waals surface area contributed by atoms with Crippen LogP contribution in [0.4, 0.5) is 0 Å². The standard InChI is InChI=1S/C73H141NO8/c1-3-5-7-9-11-13-15-17-19-21-23-25-27-29-30-31-32-33-34-35-36-37-38-39-41-43-45-47-49-51-53-55-57-59-61-63-69(77)74-66(65-81-73-72(80)71(79)70(78)68(64-75)82-73)67(76)62-60-58-56-54-52-50-48-46-44-42-40-28-26-24-22-20-18-16-14-12-10-8-6-4-2/h31-32,60,62,66-68,70-73,75-76,78-80H,3-30,33-59,61,63-65H2,1-2H3,(H,74,77)/b32-31-,62-60+. The zero-order valence-electron chi connectivity index (χ0n) is 54.5. The molecule has 9 heteroatoms. The topological polar surface area (TPSA) is 149 Å². The van der Waals surface area contributed by atoms with Crippen molar-refractivity contribution in [1.29, 1.82) is 0 Å². The van der Waals surface area contributed by atoms with Crippen molar-refractivity contribution >= 4 is 5.91 Å². The number of amides is 1. The first-order valence-electron chi connectivity index (χ1n) is 36.6. The van der Waals surface area contributed by atoms with Crippen LogP contribution >= 0.6 is 0 Å². The lowest BCUT2D eigenvalue weighted by molar-refractivity contribution is -0.302. The van der Waals surface area contributed by atoms with Crippen LogP contribution in [-0.2, 0) is 14.3 Å². The molecule has 1 aliphatic heterocycles. The number of allylic oxidation sites excluding steroid dienone is 3. The summed E-state index contributed by atoms with van der Waals surface area (Å²) in [7, 11) is 0. The lowest BCUT2D eigenvalue weighted by Gasteiger charge is -2.40. The third-order valence-electron chi connectivity index (χ3n) is 17.8. The van der Waals surface area contributed by atoms with Gasteiger partial charge in [0.05, 0.1) is 25.4 Å². The fraction of sp³-hybridized carbons (Fsp3) is 0.932. The average Bonchev–Trinajstić information content (AvgIpc) is 3.52. The van der Waals surface area contributed by atoms with Crippen molar-refractivity contribution in [3.63, 3.8) is 0 Å². The van der Waals surface area contributed by atoms with Gasteiger partial charge in [0.25, 0.3) is 0 Å². The van der Waals surface area contributed by atoms with Gasteiger partial charge in [-0.1, -0.05) is 353 Å². The number of carbonyl (C=O) groups excluding carboxylic acids is 1. The second kappa shape index (κ2) is 62.7. The van der Waals surface area contributed by atoms with Crippen LogP contribution < -0.4 is 5.32 Å². The third kappa shape index (κ3) is 50.8. The van der Waals surface area contributed by atoms with Gasteiger partial charge < -0.3 is 40.3 Å². The van der Waals surface area contributed by atoms with Gasteiger partial charge in [0.1, 0.15) is 24.4 Å². The molecule has 1 rings (SSSR count). The van der Waals surface area contributed by atoms with E-state index in [-0.39, 0.29) is 12.5 Å². The minimum absolute atomic E-state index is 0.168. The molecule has 486 valence electrons. The van der Waals surface area contributed by atoms with Gasteiger partial charge in [-0.3, -0.25) is 4.79 Å². The molecule has 0 spiro atoms. The van der Waals surface area contributed by atoms with Crippen molar-refractivity contribution < 1.29 is 39.8 Å². The molecule has 1 heterocycles. The number of carbonyl (C=O) groups is 1. The first-order chi connectivity index (χ1) is 40.3. The van der Waals surface area contributed by atoms with Crippen molar-refractivity contribution in [3.8, 4) is 0 Å². The van der Waals surface area contributed by atoms with Gasteiger partial charge in [-0.2, -0.15) is 0 Å². The third-order valence-corrected chi connectivity index (χ3v) is 17.8. The van der Waals surface area contributed by atoms with E-state index in [1.54, 1.807) is 6.08 Å². The summed E-state index contributed by atoms with van der Waals surface area (Å²) in [5, 5.41) is 54.8. The normalized spacial score (nSPS) is 18.4. The summed E-state index contributed by atoms with van der Waals surface area (Å²) in [6.07, 6.45) is 75.9. The van der Waals surface area contributed by atoms with E-state index in [2.05, 4.69) is 31.3 Å². The molecule has 0 aromatic heterocycles. The zero-order valence-corrected chi connectivity index (χ0v) is 54.5. The predicted molar refractivity (Wildman–Crippen MR) is 350 cm³/mol. The summed E-state index contributed by atoms with van der Waals surface area (Å²) in [5.74, 6) is -0.168. The van der Waals surface area contributed by atoms with E-state index >= 15 is 0 Å². The Morgan fingerprint density at radius 3 is 0.988 bits per heavy atom. The predicted octanol–water partition coefficient (Wildman–Crippen LogP) is 20.0. The maximum atomic E-state index is 13.1. The first-order valence-corrected chi connectivity index (χ1v) is 36.6. The molecule has 1 saturated heterocycles. The number of nitrogens with one attached hydrogen (secondary N) is 1. The molecule has 82 heavy (non-hydrogen) atoms. The number of rotatable bonds is 65. The van der Waals surface area contributed by atoms with Crippen molar-refractivity contribution in [2.45, 2.75) is 423 Å². The molecule has 1 amide bonds. The van der Waals surface area contributed by atoms with Crippen LogP contribution in [0.2, 0.25) is 0 Å². The van der Waals surface area contributed by atoms with E-state index in [9.17, 15) is 30.3 Å². The molecular weight excluding hydrogens is 1020 g/mol. The molecule has 9 nitrogen and oxygen atoms in total. The van der Waals surface area contributed by atoms with Crippen LogP contribution in [0.1, 0.15) is 380 Å². The van der Waals surface area contributed by atoms with Gasteiger partial charge in [0, 0.05) is 6.42 Å². The minimum Gasteiger partial charge on any atom is -0.394 e. The highest BCUT2D eigenvalue weighted by Gasteiger charge is 2.44.